The standard InChI is InChI=1S/C10H8INO3S/c1-16(13,14)8-4-2-7(3-5-8)9-6-15-10(11)12-9/h2-6H,1H3. The van der Waals surface area contributed by atoms with Crippen LogP contribution in [-0.2, 0) is 9.84 Å². The third-order valence-electron chi connectivity index (χ3n) is 2.05. The average Bonchev–Trinajstić information content (AvgIpc) is 2.64. The number of benzene rings is 1. The van der Waals surface area contributed by atoms with E-state index in [4.69, 9.17) is 4.42 Å². The van der Waals surface area contributed by atoms with Crippen molar-refractivity contribution in [1.29, 1.82) is 0 Å². The molecule has 0 amide bonds. The Kier molecular flexibility index (Phi) is 3.02. The summed E-state index contributed by atoms with van der Waals surface area (Å²) in [5, 5.41) is 0. The fourth-order valence-electron chi connectivity index (χ4n) is 1.26. The molecule has 2 aromatic rings. The van der Waals surface area contributed by atoms with Crippen LogP contribution >= 0.6 is 22.6 Å². The van der Waals surface area contributed by atoms with Gasteiger partial charge in [0.2, 0.25) is 0 Å². The molecule has 1 heterocycles. The van der Waals surface area contributed by atoms with Gasteiger partial charge < -0.3 is 4.42 Å². The molecule has 0 spiro atoms. The molecule has 0 fully saturated rings. The number of sulfone groups is 1. The lowest BCUT2D eigenvalue weighted by Crippen LogP contribution is -1.96. The van der Waals surface area contributed by atoms with Crippen molar-refractivity contribution in [2.45, 2.75) is 4.90 Å². The van der Waals surface area contributed by atoms with Crippen LogP contribution < -0.4 is 0 Å². The highest BCUT2D eigenvalue weighted by atomic mass is 127. The van der Waals surface area contributed by atoms with E-state index in [2.05, 4.69) is 4.98 Å². The predicted molar refractivity (Wildman–Crippen MR) is 67.8 cm³/mol. The van der Waals surface area contributed by atoms with Crippen LogP contribution in [0.4, 0.5) is 0 Å². The van der Waals surface area contributed by atoms with Crippen LogP contribution in [-0.4, -0.2) is 19.7 Å². The van der Waals surface area contributed by atoms with Gasteiger partial charge in [-0.1, -0.05) is 12.1 Å². The molecular formula is C10H8INO3S. The number of aromatic nitrogens is 1. The van der Waals surface area contributed by atoms with E-state index in [-0.39, 0.29) is 0 Å². The molecule has 0 saturated carbocycles. The zero-order valence-electron chi connectivity index (χ0n) is 8.34. The van der Waals surface area contributed by atoms with Crippen LogP contribution in [0.1, 0.15) is 0 Å². The van der Waals surface area contributed by atoms with E-state index in [1.807, 2.05) is 22.6 Å². The Bertz CT molecular complexity index is 601. The number of oxazole rings is 1. The third-order valence-corrected chi connectivity index (χ3v) is 3.68. The molecule has 4 nitrogen and oxygen atoms in total. The van der Waals surface area contributed by atoms with Crippen LogP contribution in [0.2, 0.25) is 0 Å². The van der Waals surface area contributed by atoms with E-state index >= 15 is 0 Å². The summed E-state index contributed by atoms with van der Waals surface area (Å²) in [5.74, 6) is 0. The second kappa shape index (κ2) is 4.17. The summed E-state index contributed by atoms with van der Waals surface area (Å²) in [5.41, 5.74) is 1.53. The van der Waals surface area contributed by atoms with E-state index in [9.17, 15) is 8.42 Å². The Labute approximate surface area is 107 Å². The predicted octanol–water partition coefficient (Wildman–Crippen LogP) is 2.35. The molecule has 84 valence electrons. The number of rotatable bonds is 2. The summed E-state index contributed by atoms with van der Waals surface area (Å²) >= 11 is 1.97. The minimum Gasteiger partial charge on any atom is -0.440 e. The van der Waals surface area contributed by atoms with Gasteiger partial charge in [0.25, 0.3) is 3.90 Å². The van der Waals surface area contributed by atoms with E-state index in [0.717, 1.165) is 5.56 Å². The summed E-state index contributed by atoms with van der Waals surface area (Å²) in [7, 11) is -3.14. The maximum atomic E-state index is 11.2. The molecule has 0 aliphatic rings. The summed E-state index contributed by atoms with van der Waals surface area (Å²) in [6.45, 7) is 0. The Morgan fingerprint density at radius 3 is 2.31 bits per heavy atom. The fraction of sp³-hybridized carbons (Fsp3) is 0.100. The van der Waals surface area contributed by atoms with E-state index in [1.54, 1.807) is 24.3 Å². The molecule has 0 aliphatic carbocycles. The second-order valence-electron chi connectivity index (χ2n) is 3.28. The lowest BCUT2D eigenvalue weighted by atomic mass is 10.2. The summed E-state index contributed by atoms with van der Waals surface area (Å²) < 4.78 is 28.1. The van der Waals surface area contributed by atoms with Crippen molar-refractivity contribution in [2.75, 3.05) is 6.26 Å². The van der Waals surface area contributed by atoms with Gasteiger partial charge in [-0.2, -0.15) is 0 Å². The van der Waals surface area contributed by atoms with Crippen molar-refractivity contribution < 1.29 is 12.8 Å². The number of halogens is 1. The Morgan fingerprint density at radius 1 is 1.25 bits per heavy atom. The smallest absolute Gasteiger partial charge is 0.257 e. The monoisotopic (exact) mass is 349 g/mol. The highest BCUT2D eigenvalue weighted by molar-refractivity contribution is 14.1. The van der Waals surface area contributed by atoms with Crippen LogP contribution in [0, 0.1) is 3.90 Å². The molecule has 0 atom stereocenters. The zero-order chi connectivity index (χ0) is 11.8. The first kappa shape index (κ1) is 11.6. The molecule has 0 saturated heterocycles. The Hall–Kier alpha value is -0.890. The maximum absolute atomic E-state index is 11.2. The van der Waals surface area contributed by atoms with Gasteiger partial charge in [-0.3, -0.25) is 0 Å². The zero-order valence-corrected chi connectivity index (χ0v) is 11.3. The topological polar surface area (TPSA) is 60.2 Å². The highest BCUT2D eigenvalue weighted by Gasteiger charge is 2.08. The number of nitrogens with zero attached hydrogens (tertiary/aromatic N) is 1. The van der Waals surface area contributed by atoms with Crippen molar-refractivity contribution in [3.8, 4) is 11.3 Å². The molecule has 2 rings (SSSR count). The normalized spacial score (nSPS) is 11.6. The summed E-state index contributed by atoms with van der Waals surface area (Å²) in [6.07, 6.45) is 2.72. The molecule has 0 N–H and O–H groups in total. The van der Waals surface area contributed by atoms with Crippen molar-refractivity contribution in [1.82, 2.24) is 4.98 Å². The van der Waals surface area contributed by atoms with Crippen molar-refractivity contribution in [3.05, 3.63) is 34.4 Å². The van der Waals surface area contributed by atoms with Crippen molar-refractivity contribution in [3.63, 3.8) is 0 Å². The molecule has 0 bridgehead atoms. The van der Waals surface area contributed by atoms with Gasteiger partial charge >= 0.3 is 0 Å². The van der Waals surface area contributed by atoms with Crippen molar-refractivity contribution in [2.24, 2.45) is 0 Å². The minimum atomic E-state index is -3.14. The third kappa shape index (κ3) is 2.43. The molecule has 6 heteroatoms. The average molecular weight is 349 g/mol. The van der Waals surface area contributed by atoms with Gasteiger partial charge in [-0.05, 0) is 12.1 Å². The highest BCUT2D eigenvalue weighted by Crippen LogP contribution is 2.21. The SMILES string of the molecule is CS(=O)(=O)c1ccc(-c2coc(I)n2)cc1. The van der Waals surface area contributed by atoms with Crippen LogP contribution in [0.5, 0.6) is 0 Å². The lowest BCUT2D eigenvalue weighted by molar-refractivity contribution is 0.525. The summed E-state index contributed by atoms with van der Waals surface area (Å²) in [4.78, 5) is 4.44. The molecule has 0 unspecified atom stereocenters. The largest absolute Gasteiger partial charge is 0.440 e. The van der Waals surface area contributed by atoms with Gasteiger partial charge in [0, 0.05) is 34.4 Å². The fourth-order valence-corrected chi connectivity index (χ4v) is 2.27. The lowest BCUT2D eigenvalue weighted by Gasteiger charge is -1.99. The van der Waals surface area contributed by atoms with Gasteiger partial charge in [-0.15, -0.1) is 0 Å². The molecule has 16 heavy (non-hydrogen) atoms. The minimum absolute atomic E-state index is 0.300. The van der Waals surface area contributed by atoms with Crippen LogP contribution in [0.15, 0.2) is 39.8 Å². The first-order chi connectivity index (χ1) is 7.47. The Morgan fingerprint density at radius 2 is 1.88 bits per heavy atom. The van der Waals surface area contributed by atoms with Gasteiger partial charge in [-0.25, -0.2) is 13.4 Å². The van der Waals surface area contributed by atoms with Gasteiger partial charge in [0.15, 0.2) is 9.84 Å². The second-order valence-corrected chi connectivity index (χ2v) is 6.22. The van der Waals surface area contributed by atoms with Gasteiger partial charge in [0.05, 0.1) is 4.90 Å². The summed E-state index contributed by atoms with van der Waals surface area (Å²) in [6, 6.07) is 6.55. The first-order valence-electron chi connectivity index (χ1n) is 4.38. The Balaban J connectivity index is 2.40. The van der Waals surface area contributed by atoms with E-state index in [0.29, 0.717) is 14.5 Å². The quantitative estimate of drug-likeness (QED) is 0.781. The number of hydrogen-bond acceptors (Lipinski definition) is 4. The van der Waals surface area contributed by atoms with Crippen molar-refractivity contribution >= 4 is 32.4 Å². The molecule has 1 aromatic heterocycles. The first-order valence-corrected chi connectivity index (χ1v) is 7.35. The molecular weight excluding hydrogens is 341 g/mol. The molecule has 0 radical (unpaired) electrons. The maximum Gasteiger partial charge on any atom is 0.257 e. The molecule has 0 aliphatic heterocycles. The molecule has 1 aromatic carbocycles. The van der Waals surface area contributed by atoms with Gasteiger partial charge in [0.1, 0.15) is 12.0 Å². The van der Waals surface area contributed by atoms with Crippen LogP contribution in [0.3, 0.4) is 0 Å². The number of hydrogen-bond donors (Lipinski definition) is 0. The van der Waals surface area contributed by atoms with E-state index < -0.39 is 9.84 Å². The van der Waals surface area contributed by atoms with Crippen LogP contribution in [0.25, 0.3) is 11.3 Å². The van der Waals surface area contributed by atoms with E-state index in [1.165, 1.54) is 12.5 Å².